The van der Waals surface area contributed by atoms with Crippen LogP contribution < -0.4 is 5.73 Å². The lowest BCUT2D eigenvalue weighted by atomic mass is 10.5. The summed E-state index contributed by atoms with van der Waals surface area (Å²) in [6.45, 7) is 4.80. The van der Waals surface area contributed by atoms with Crippen molar-refractivity contribution in [3.05, 3.63) is 0 Å². The predicted molar refractivity (Wildman–Crippen MR) is 39.6 cm³/mol. The lowest BCUT2D eigenvalue weighted by Gasteiger charge is -2.05. The molecular weight excluding hydrogens is 148 g/mol. The molecule has 0 saturated heterocycles. The van der Waals surface area contributed by atoms with E-state index in [9.17, 15) is 4.79 Å². The summed E-state index contributed by atoms with van der Waals surface area (Å²) in [4.78, 5) is 14.4. The van der Waals surface area contributed by atoms with E-state index in [1.54, 1.807) is 13.8 Å². The maximum absolute atomic E-state index is 10.2. The average Bonchev–Trinajstić information content (AvgIpc) is 1.82. The number of carbonyl (C=O) groups is 1. The molecule has 0 radical (unpaired) electrons. The first-order valence-electron chi connectivity index (χ1n) is 3.20. The van der Waals surface area contributed by atoms with Gasteiger partial charge in [0.15, 0.2) is 0 Å². The number of oxime groups is 1. The topological polar surface area (TPSA) is 73.9 Å². The Hall–Kier alpha value is -1.26. The molecule has 0 heterocycles. The third-order valence-corrected chi connectivity index (χ3v) is 0.621. The van der Waals surface area contributed by atoms with E-state index in [4.69, 9.17) is 10.5 Å². The second kappa shape index (κ2) is 4.54. The van der Waals surface area contributed by atoms with E-state index in [1.165, 1.54) is 6.92 Å². The normalized spacial score (nSPS) is 11.5. The maximum Gasteiger partial charge on any atom is 0.332 e. The molecule has 0 saturated carbocycles. The van der Waals surface area contributed by atoms with Gasteiger partial charge in [0.1, 0.15) is 0 Å². The van der Waals surface area contributed by atoms with E-state index in [0.29, 0.717) is 0 Å². The van der Waals surface area contributed by atoms with Crippen LogP contribution in [0.15, 0.2) is 5.16 Å². The Morgan fingerprint density at radius 2 is 2.09 bits per heavy atom. The van der Waals surface area contributed by atoms with Crippen LogP contribution in [0.4, 0.5) is 0 Å². The summed E-state index contributed by atoms with van der Waals surface area (Å²) in [5, 5.41) is 3.19. The van der Waals surface area contributed by atoms with Crippen LogP contribution in [0.3, 0.4) is 0 Å². The molecule has 0 aliphatic carbocycles. The van der Waals surface area contributed by atoms with Gasteiger partial charge in [-0.3, -0.25) is 0 Å². The molecule has 5 nitrogen and oxygen atoms in total. The summed E-state index contributed by atoms with van der Waals surface area (Å²) in [6, 6.07) is -0.143. The van der Waals surface area contributed by atoms with Crippen LogP contribution in [-0.4, -0.2) is 18.1 Å². The van der Waals surface area contributed by atoms with Crippen LogP contribution in [0.2, 0.25) is 0 Å². The Morgan fingerprint density at radius 1 is 1.55 bits per heavy atom. The van der Waals surface area contributed by atoms with Crippen molar-refractivity contribution in [2.75, 3.05) is 0 Å². The van der Waals surface area contributed by atoms with E-state index >= 15 is 0 Å². The van der Waals surface area contributed by atoms with Crippen molar-refractivity contribution in [2.45, 2.75) is 26.9 Å². The molecule has 0 aromatic carbocycles. The zero-order chi connectivity index (χ0) is 8.85. The fourth-order valence-corrected chi connectivity index (χ4v) is 0.372. The van der Waals surface area contributed by atoms with Gasteiger partial charge in [-0.15, -0.1) is 0 Å². The highest BCUT2D eigenvalue weighted by atomic mass is 16.7. The standard InChI is InChI=1S/C6H12N2O3/c1-4(2)10-6(7)8-11-5(3)9/h4H,1-3H3,(H2,7,8). The number of amidine groups is 1. The van der Waals surface area contributed by atoms with Crippen LogP contribution in [0, 0.1) is 0 Å². The van der Waals surface area contributed by atoms with Crippen molar-refractivity contribution in [1.29, 1.82) is 0 Å². The monoisotopic (exact) mass is 160 g/mol. The second-order valence-corrected chi connectivity index (χ2v) is 2.18. The van der Waals surface area contributed by atoms with Crippen LogP contribution >= 0.6 is 0 Å². The molecular formula is C6H12N2O3. The van der Waals surface area contributed by atoms with E-state index in [2.05, 4.69) is 9.99 Å². The molecule has 11 heavy (non-hydrogen) atoms. The molecule has 0 unspecified atom stereocenters. The minimum Gasteiger partial charge on any atom is -0.461 e. The van der Waals surface area contributed by atoms with E-state index in [-0.39, 0.29) is 12.1 Å². The lowest BCUT2D eigenvalue weighted by molar-refractivity contribution is -0.141. The minimum absolute atomic E-state index is 0.0747. The van der Waals surface area contributed by atoms with Gasteiger partial charge < -0.3 is 15.3 Å². The molecule has 0 fully saturated rings. The number of carbonyl (C=O) groups excluding carboxylic acids is 1. The highest BCUT2D eigenvalue weighted by Crippen LogP contribution is 1.87. The molecule has 0 amide bonds. The first-order chi connectivity index (χ1) is 5.02. The van der Waals surface area contributed by atoms with Crippen LogP contribution in [0.5, 0.6) is 0 Å². The SMILES string of the molecule is CC(=O)O/N=C(\N)OC(C)C. The van der Waals surface area contributed by atoms with Gasteiger partial charge in [-0.25, -0.2) is 4.79 Å². The summed E-state index contributed by atoms with van der Waals surface area (Å²) in [5.41, 5.74) is 5.17. The Balaban J connectivity index is 3.72. The van der Waals surface area contributed by atoms with E-state index in [1.807, 2.05) is 0 Å². The second-order valence-electron chi connectivity index (χ2n) is 2.18. The van der Waals surface area contributed by atoms with Crippen LogP contribution in [-0.2, 0) is 14.4 Å². The summed E-state index contributed by atoms with van der Waals surface area (Å²) in [7, 11) is 0. The van der Waals surface area contributed by atoms with Crippen molar-refractivity contribution in [3.63, 3.8) is 0 Å². The summed E-state index contributed by atoms with van der Waals surface area (Å²) in [6.07, 6.45) is -0.0747. The fraction of sp³-hybridized carbons (Fsp3) is 0.667. The molecule has 0 rings (SSSR count). The predicted octanol–water partition coefficient (Wildman–Crippen LogP) is 0.204. The third-order valence-electron chi connectivity index (χ3n) is 0.621. The molecule has 0 aliphatic rings. The molecule has 0 aromatic heterocycles. The van der Waals surface area contributed by atoms with Crippen molar-refractivity contribution < 1.29 is 14.4 Å². The third kappa shape index (κ3) is 6.63. The van der Waals surface area contributed by atoms with Gasteiger partial charge in [0.05, 0.1) is 6.10 Å². The summed E-state index contributed by atoms with van der Waals surface area (Å²) >= 11 is 0. The van der Waals surface area contributed by atoms with Gasteiger partial charge in [-0.1, -0.05) is 0 Å². The molecule has 0 aromatic rings. The van der Waals surface area contributed by atoms with Gasteiger partial charge >= 0.3 is 12.0 Å². The largest absolute Gasteiger partial charge is 0.461 e. The molecule has 0 aliphatic heterocycles. The molecule has 5 heteroatoms. The zero-order valence-corrected chi connectivity index (χ0v) is 6.83. The smallest absolute Gasteiger partial charge is 0.332 e. The average molecular weight is 160 g/mol. The zero-order valence-electron chi connectivity index (χ0n) is 6.83. The Bertz CT molecular complexity index is 165. The number of hydrogen-bond acceptors (Lipinski definition) is 4. The molecule has 0 atom stereocenters. The Morgan fingerprint density at radius 3 is 2.45 bits per heavy atom. The van der Waals surface area contributed by atoms with Gasteiger partial charge in [-0.05, 0) is 19.0 Å². The fourth-order valence-electron chi connectivity index (χ4n) is 0.372. The van der Waals surface area contributed by atoms with Gasteiger partial charge in [-0.2, -0.15) is 0 Å². The lowest BCUT2D eigenvalue weighted by Crippen LogP contribution is -2.21. The van der Waals surface area contributed by atoms with Crippen molar-refractivity contribution in [2.24, 2.45) is 10.9 Å². The first kappa shape index (κ1) is 9.74. The number of nitrogens with zero attached hydrogens (tertiary/aromatic N) is 1. The molecule has 2 N–H and O–H groups in total. The number of rotatable bonds is 2. The minimum atomic E-state index is -0.527. The van der Waals surface area contributed by atoms with Crippen molar-refractivity contribution in [1.82, 2.24) is 0 Å². The first-order valence-corrected chi connectivity index (χ1v) is 3.20. The Kier molecular flexibility index (Phi) is 4.02. The molecule has 0 bridgehead atoms. The number of nitrogens with two attached hydrogens (primary N) is 1. The number of ether oxygens (including phenoxy) is 1. The van der Waals surface area contributed by atoms with Gasteiger partial charge in [0.25, 0.3) is 0 Å². The number of hydrogen-bond donors (Lipinski definition) is 1. The van der Waals surface area contributed by atoms with Crippen LogP contribution in [0.25, 0.3) is 0 Å². The van der Waals surface area contributed by atoms with Gasteiger partial charge in [0.2, 0.25) is 0 Å². The highest BCUT2D eigenvalue weighted by Gasteiger charge is 1.98. The summed E-state index contributed by atoms with van der Waals surface area (Å²) < 4.78 is 4.85. The molecule has 64 valence electrons. The van der Waals surface area contributed by atoms with Crippen molar-refractivity contribution >= 4 is 12.0 Å². The van der Waals surface area contributed by atoms with Crippen molar-refractivity contribution in [3.8, 4) is 0 Å². The van der Waals surface area contributed by atoms with E-state index in [0.717, 1.165) is 0 Å². The Labute approximate surface area is 65.1 Å². The molecule has 0 spiro atoms. The highest BCUT2D eigenvalue weighted by molar-refractivity contribution is 5.73. The van der Waals surface area contributed by atoms with Gasteiger partial charge in [0, 0.05) is 6.92 Å². The quantitative estimate of drug-likeness (QED) is 0.271. The van der Waals surface area contributed by atoms with Crippen LogP contribution in [0.1, 0.15) is 20.8 Å². The maximum atomic E-state index is 10.2. The van der Waals surface area contributed by atoms with E-state index < -0.39 is 5.97 Å². The summed E-state index contributed by atoms with van der Waals surface area (Å²) in [5.74, 6) is -0.527.